The van der Waals surface area contributed by atoms with Crippen LogP contribution in [0.3, 0.4) is 0 Å². The molecule has 0 aliphatic carbocycles. The number of nitrogens with zero attached hydrogens (tertiary/aromatic N) is 2. The third kappa shape index (κ3) is 4.70. The van der Waals surface area contributed by atoms with Gasteiger partial charge in [0.25, 0.3) is 10.0 Å². The molecule has 0 bridgehead atoms. The number of sulfonamides is 1. The van der Waals surface area contributed by atoms with Crippen LogP contribution < -0.4 is 14.3 Å². The van der Waals surface area contributed by atoms with Gasteiger partial charge in [0.1, 0.15) is 4.21 Å². The molecule has 1 heterocycles. The van der Waals surface area contributed by atoms with E-state index in [1.54, 1.807) is 25.3 Å². The highest BCUT2D eigenvalue weighted by molar-refractivity contribution is 7.91. The maximum absolute atomic E-state index is 12.0. The zero-order valence-electron chi connectivity index (χ0n) is 14.0. The van der Waals surface area contributed by atoms with E-state index in [0.717, 1.165) is 17.6 Å². The van der Waals surface area contributed by atoms with Crippen LogP contribution in [0.15, 0.2) is 39.0 Å². The lowest BCUT2D eigenvalue weighted by atomic mass is 10.2. The second-order valence-electron chi connectivity index (χ2n) is 4.78. The highest BCUT2D eigenvalue weighted by Gasteiger charge is 2.22. The molecule has 11 heteroatoms. The fourth-order valence-corrected chi connectivity index (χ4v) is 3.77. The Morgan fingerprint density at radius 2 is 2.04 bits per heavy atom. The van der Waals surface area contributed by atoms with Crippen molar-refractivity contribution < 1.29 is 22.8 Å². The molecule has 0 aliphatic rings. The number of rotatable bonds is 9. The maximum atomic E-state index is 12.0. The van der Waals surface area contributed by atoms with E-state index >= 15 is 0 Å². The number of ether oxygens (including phenoxy) is 2. The first-order valence-electron chi connectivity index (χ1n) is 7.55. The second kappa shape index (κ2) is 8.63. The Morgan fingerprint density at radius 3 is 2.62 bits per heavy atom. The van der Waals surface area contributed by atoms with Gasteiger partial charge in [0.2, 0.25) is 5.75 Å². The molecule has 2 aromatic rings. The first-order chi connectivity index (χ1) is 12.4. The van der Waals surface area contributed by atoms with E-state index in [2.05, 4.69) is 9.93 Å². The minimum Gasteiger partial charge on any atom is -0.490 e. The molecule has 0 atom stereocenters. The van der Waals surface area contributed by atoms with Crippen LogP contribution in [0.5, 0.6) is 11.5 Å². The predicted octanol–water partition coefficient (Wildman–Crippen LogP) is 2.77. The number of benzene rings is 1. The van der Waals surface area contributed by atoms with Crippen LogP contribution >= 0.6 is 11.3 Å². The van der Waals surface area contributed by atoms with Crippen molar-refractivity contribution in [3.05, 3.63) is 45.3 Å². The SMILES string of the molecule is CCOc1cc(/C=N/NS(=O)(=O)c2cccs2)cc([N+](=O)[O-])c1OCC. The van der Waals surface area contributed by atoms with Crippen molar-refractivity contribution in [1.29, 1.82) is 0 Å². The van der Waals surface area contributed by atoms with E-state index in [1.165, 1.54) is 18.2 Å². The molecule has 0 spiro atoms. The predicted molar refractivity (Wildman–Crippen MR) is 97.7 cm³/mol. The van der Waals surface area contributed by atoms with E-state index in [0.29, 0.717) is 0 Å². The van der Waals surface area contributed by atoms with Crippen molar-refractivity contribution in [2.75, 3.05) is 13.2 Å². The Kier molecular flexibility index (Phi) is 6.52. The molecule has 1 aromatic heterocycles. The van der Waals surface area contributed by atoms with E-state index in [9.17, 15) is 18.5 Å². The number of thiophene rings is 1. The topological polar surface area (TPSA) is 120 Å². The number of nitro benzene ring substituents is 1. The van der Waals surface area contributed by atoms with Crippen molar-refractivity contribution in [2.45, 2.75) is 18.1 Å². The average Bonchev–Trinajstić information content (AvgIpc) is 3.12. The summed E-state index contributed by atoms with van der Waals surface area (Å²) in [5.74, 6) is 0.210. The lowest BCUT2D eigenvalue weighted by Gasteiger charge is -2.11. The average molecular weight is 399 g/mol. The molecular formula is C15H17N3O6S2. The van der Waals surface area contributed by atoms with Gasteiger partial charge in [-0.3, -0.25) is 10.1 Å². The van der Waals surface area contributed by atoms with Crippen LogP contribution in [0.1, 0.15) is 19.4 Å². The summed E-state index contributed by atoms with van der Waals surface area (Å²) < 4.78 is 34.8. The molecule has 0 unspecified atom stereocenters. The molecule has 140 valence electrons. The van der Waals surface area contributed by atoms with Crippen LogP contribution in [0.2, 0.25) is 0 Å². The second-order valence-corrected chi connectivity index (χ2v) is 7.61. The third-order valence-corrected chi connectivity index (χ3v) is 5.61. The van der Waals surface area contributed by atoms with Gasteiger partial charge in [0.05, 0.1) is 24.4 Å². The van der Waals surface area contributed by atoms with E-state index in [1.807, 2.05) is 0 Å². The van der Waals surface area contributed by atoms with Crippen molar-refractivity contribution in [1.82, 2.24) is 4.83 Å². The summed E-state index contributed by atoms with van der Waals surface area (Å²) in [4.78, 5) is 12.8. The summed E-state index contributed by atoms with van der Waals surface area (Å²) in [5, 5.41) is 16.6. The molecule has 0 amide bonds. The van der Waals surface area contributed by atoms with Crippen LogP contribution in [-0.4, -0.2) is 32.8 Å². The molecule has 1 N–H and O–H groups in total. The summed E-state index contributed by atoms with van der Waals surface area (Å²) in [6.45, 7) is 3.95. The molecule has 2 rings (SSSR count). The van der Waals surface area contributed by atoms with Gasteiger partial charge in [-0.25, -0.2) is 0 Å². The standard InChI is InChI=1S/C15H17N3O6S2/c1-3-23-13-9-11(8-12(18(19)20)15(13)24-4-2)10-16-17-26(21,22)14-6-5-7-25-14/h5-10,17H,3-4H2,1-2H3/b16-10+. The molecule has 0 radical (unpaired) electrons. The monoisotopic (exact) mass is 399 g/mol. The molecule has 9 nitrogen and oxygen atoms in total. The highest BCUT2D eigenvalue weighted by Crippen LogP contribution is 2.38. The molecule has 0 aliphatic heterocycles. The van der Waals surface area contributed by atoms with Crippen LogP contribution in [0.25, 0.3) is 0 Å². The number of nitrogens with one attached hydrogen (secondary N) is 1. The lowest BCUT2D eigenvalue weighted by molar-refractivity contribution is -0.385. The Balaban J connectivity index is 2.32. The van der Waals surface area contributed by atoms with Gasteiger partial charge in [0.15, 0.2) is 5.75 Å². The zero-order chi connectivity index (χ0) is 19.2. The van der Waals surface area contributed by atoms with Gasteiger partial charge in [-0.2, -0.15) is 18.4 Å². The Bertz CT molecular complexity index is 894. The van der Waals surface area contributed by atoms with E-state index < -0.39 is 14.9 Å². The van der Waals surface area contributed by atoms with Gasteiger partial charge in [0, 0.05) is 11.6 Å². The smallest absolute Gasteiger partial charge is 0.315 e. The van der Waals surface area contributed by atoms with E-state index in [-0.39, 0.29) is 40.2 Å². The fourth-order valence-electron chi connectivity index (χ4n) is 2.00. The van der Waals surface area contributed by atoms with Crippen LogP contribution in [-0.2, 0) is 10.0 Å². The third-order valence-electron chi connectivity index (χ3n) is 2.99. The van der Waals surface area contributed by atoms with Crippen molar-refractivity contribution in [3.8, 4) is 11.5 Å². The van der Waals surface area contributed by atoms with Gasteiger partial charge in [-0.15, -0.1) is 11.3 Å². The molecule has 0 saturated carbocycles. The van der Waals surface area contributed by atoms with Crippen molar-refractivity contribution >= 4 is 33.3 Å². The minimum atomic E-state index is -3.77. The van der Waals surface area contributed by atoms with Gasteiger partial charge in [-0.1, -0.05) is 6.07 Å². The Labute approximate surface area is 154 Å². The normalized spacial score (nSPS) is 11.5. The van der Waals surface area contributed by atoms with Crippen molar-refractivity contribution in [3.63, 3.8) is 0 Å². The molecule has 0 saturated heterocycles. The molecule has 0 fully saturated rings. The number of hydrogen-bond acceptors (Lipinski definition) is 8. The summed E-state index contributed by atoms with van der Waals surface area (Å²) in [6.07, 6.45) is 1.16. The first kappa shape index (κ1) is 19.7. The largest absolute Gasteiger partial charge is 0.490 e. The Hall–Kier alpha value is -2.66. The summed E-state index contributed by atoms with van der Waals surface area (Å²) >= 11 is 1.05. The molecular weight excluding hydrogens is 382 g/mol. The highest BCUT2D eigenvalue weighted by atomic mass is 32.2. The van der Waals surface area contributed by atoms with Crippen LogP contribution in [0.4, 0.5) is 5.69 Å². The van der Waals surface area contributed by atoms with Gasteiger partial charge < -0.3 is 9.47 Å². The van der Waals surface area contributed by atoms with Gasteiger partial charge >= 0.3 is 5.69 Å². The number of hydrogen-bond donors (Lipinski definition) is 1. The van der Waals surface area contributed by atoms with E-state index in [4.69, 9.17) is 9.47 Å². The Morgan fingerprint density at radius 1 is 1.31 bits per heavy atom. The number of hydrazone groups is 1. The molecule has 26 heavy (non-hydrogen) atoms. The summed E-state index contributed by atoms with van der Waals surface area (Å²) in [5.41, 5.74) is -0.00199. The first-order valence-corrected chi connectivity index (χ1v) is 9.91. The maximum Gasteiger partial charge on any atom is 0.315 e. The lowest BCUT2D eigenvalue weighted by Crippen LogP contribution is -2.17. The van der Waals surface area contributed by atoms with Crippen molar-refractivity contribution in [2.24, 2.45) is 5.10 Å². The minimum absolute atomic E-state index is 0.0238. The zero-order valence-corrected chi connectivity index (χ0v) is 15.7. The number of nitro groups is 1. The van der Waals surface area contributed by atoms with Gasteiger partial charge in [-0.05, 0) is 31.4 Å². The summed E-state index contributed by atoms with van der Waals surface area (Å²) in [6, 6.07) is 5.77. The summed E-state index contributed by atoms with van der Waals surface area (Å²) in [7, 11) is -3.77. The quantitative estimate of drug-likeness (QED) is 0.393. The molecule has 1 aromatic carbocycles. The van der Waals surface area contributed by atoms with Crippen LogP contribution in [0, 0.1) is 10.1 Å². The fraction of sp³-hybridized carbons (Fsp3) is 0.267.